The summed E-state index contributed by atoms with van der Waals surface area (Å²) >= 11 is 0. The quantitative estimate of drug-likeness (QED) is 0.0262. The molecule has 0 aromatic rings. The third-order valence-electron chi connectivity index (χ3n) is 13.5. The van der Waals surface area contributed by atoms with E-state index in [9.17, 15) is 14.4 Å². The third kappa shape index (κ3) is 53.1. The molecule has 6 nitrogen and oxygen atoms in total. The number of hydrogen-bond donors (Lipinski definition) is 0. The van der Waals surface area contributed by atoms with Crippen LogP contribution in [0, 0.1) is 0 Å². The van der Waals surface area contributed by atoms with E-state index in [1.807, 2.05) is 0 Å². The molecule has 1 atom stereocenters. The monoisotopic (exact) mass is 931 g/mol. The van der Waals surface area contributed by atoms with Crippen molar-refractivity contribution >= 4 is 17.9 Å². The Kier molecular flexibility index (Phi) is 54.2. The van der Waals surface area contributed by atoms with Crippen molar-refractivity contribution in [2.24, 2.45) is 0 Å². The van der Waals surface area contributed by atoms with E-state index < -0.39 is 6.10 Å². The van der Waals surface area contributed by atoms with Gasteiger partial charge in [-0.2, -0.15) is 0 Å². The molecule has 0 rings (SSSR count). The van der Waals surface area contributed by atoms with E-state index >= 15 is 0 Å². The van der Waals surface area contributed by atoms with Gasteiger partial charge in [0.25, 0.3) is 0 Å². The lowest BCUT2D eigenvalue weighted by atomic mass is 10.0. The number of carbonyl (C=O) groups is 3. The summed E-state index contributed by atoms with van der Waals surface area (Å²) in [5, 5.41) is 0. The van der Waals surface area contributed by atoms with Crippen molar-refractivity contribution in [3.8, 4) is 0 Å². The standard InChI is InChI=1S/C60H114O6/c1-4-7-10-13-16-19-22-25-28-29-30-31-33-35-38-41-44-47-50-53-59(62)65-56-57(55-64-58(61)52-49-46-43-40-37-34-27-24-21-18-15-12-9-6-3)66-60(63)54-51-48-45-42-39-36-32-26-23-20-17-14-11-8-5-2/h25,28,57H,4-24,26-27,29-56H2,1-3H3/b28-25-. The minimum atomic E-state index is -0.765. The van der Waals surface area contributed by atoms with Gasteiger partial charge in [0.05, 0.1) is 0 Å². The highest BCUT2D eigenvalue weighted by atomic mass is 16.6. The molecule has 0 saturated heterocycles. The number of unbranched alkanes of at least 4 members (excludes halogenated alkanes) is 42. The maximum atomic E-state index is 12.9. The molecule has 0 aromatic carbocycles. The minimum Gasteiger partial charge on any atom is -0.462 e. The highest BCUT2D eigenvalue weighted by Gasteiger charge is 2.19. The van der Waals surface area contributed by atoms with Crippen LogP contribution in [0.2, 0.25) is 0 Å². The van der Waals surface area contributed by atoms with E-state index in [2.05, 4.69) is 32.9 Å². The van der Waals surface area contributed by atoms with E-state index in [1.54, 1.807) is 0 Å². The van der Waals surface area contributed by atoms with Gasteiger partial charge in [0.15, 0.2) is 6.10 Å². The van der Waals surface area contributed by atoms with Crippen LogP contribution in [0.5, 0.6) is 0 Å². The molecule has 0 radical (unpaired) electrons. The molecule has 66 heavy (non-hydrogen) atoms. The van der Waals surface area contributed by atoms with Crippen LogP contribution < -0.4 is 0 Å². The Bertz CT molecular complexity index is 1020. The van der Waals surface area contributed by atoms with Gasteiger partial charge in [0, 0.05) is 19.3 Å². The Morgan fingerprint density at radius 1 is 0.288 bits per heavy atom. The molecular weight excluding hydrogens is 817 g/mol. The lowest BCUT2D eigenvalue weighted by Gasteiger charge is -2.18. The van der Waals surface area contributed by atoms with Crippen molar-refractivity contribution in [1.82, 2.24) is 0 Å². The molecule has 0 spiro atoms. The lowest BCUT2D eigenvalue weighted by molar-refractivity contribution is -0.167. The van der Waals surface area contributed by atoms with Crippen LogP contribution in [-0.2, 0) is 28.6 Å². The van der Waals surface area contributed by atoms with E-state index in [-0.39, 0.29) is 31.1 Å². The summed E-state index contributed by atoms with van der Waals surface area (Å²) < 4.78 is 16.9. The molecule has 1 unspecified atom stereocenters. The second-order valence-electron chi connectivity index (χ2n) is 20.3. The highest BCUT2D eigenvalue weighted by Crippen LogP contribution is 2.17. The minimum absolute atomic E-state index is 0.0642. The van der Waals surface area contributed by atoms with Gasteiger partial charge in [-0.25, -0.2) is 0 Å². The number of carbonyl (C=O) groups excluding carboxylic acids is 3. The van der Waals surface area contributed by atoms with Crippen molar-refractivity contribution in [2.75, 3.05) is 13.2 Å². The Balaban J connectivity index is 4.29. The summed E-state index contributed by atoms with van der Waals surface area (Å²) in [6, 6.07) is 0. The maximum absolute atomic E-state index is 12.9. The number of rotatable bonds is 55. The number of ether oxygens (including phenoxy) is 3. The molecule has 0 aliphatic heterocycles. The van der Waals surface area contributed by atoms with Gasteiger partial charge in [0.1, 0.15) is 13.2 Å². The Hall–Kier alpha value is -1.85. The maximum Gasteiger partial charge on any atom is 0.306 e. The number of esters is 3. The topological polar surface area (TPSA) is 78.9 Å². The van der Waals surface area contributed by atoms with Gasteiger partial charge in [-0.3, -0.25) is 14.4 Å². The average Bonchev–Trinajstić information content (AvgIpc) is 3.31. The second kappa shape index (κ2) is 55.7. The fourth-order valence-electron chi connectivity index (χ4n) is 9.03. The summed E-state index contributed by atoms with van der Waals surface area (Å²) in [6.45, 7) is 6.70. The zero-order valence-corrected chi connectivity index (χ0v) is 44.7. The molecule has 0 fully saturated rings. The fraction of sp³-hybridized carbons (Fsp3) is 0.917. The molecule has 6 heteroatoms. The summed E-state index contributed by atoms with van der Waals surface area (Å²) in [4.78, 5) is 38.2. The first-order chi connectivity index (χ1) is 32.5. The molecule has 0 saturated carbocycles. The predicted octanol–water partition coefficient (Wildman–Crippen LogP) is 19.7. The van der Waals surface area contributed by atoms with Crippen LogP contribution in [0.15, 0.2) is 12.2 Å². The lowest BCUT2D eigenvalue weighted by Crippen LogP contribution is -2.30. The zero-order chi connectivity index (χ0) is 47.9. The third-order valence-corrected chi connectivity index (χ3v) is 13.5. The SMILES string of the molecule is CCCCCCCC/C=C\CCCCCCCCCCCC(=O)OCC(COC(=O)CCCCCCCCCCCCCCCC)OC(=O)CCCCCCCCCCCCCCCCC. The van der Waals surface area contributed by atoms with Crippen molar-refractivity contribution in [2.45, 2.75) is 341 Å². The zero-order valence-electron chi connectivity index (χ0n) is 44.7. The second-order valence-corrected chi connectivity index (χ2v) is 20.3. The predicted molar refractivity (Wildman–Crippen MR) is 284 cm³/mol. The first-order valence-electron chi connectivity index (χ1n) is 29.7. The molecule has 0 aromatic heterocycles. The normalized spacial score (nSPS) is 12.0. The highest BCUT2D eigenvalue weighted by molar-refractivity contribution is 5.71. The average molecular weight is 932 g/mol. The van der Waals surface area contributed by atoms with Crippen LogP contribution in [0.3, 0.4) is 0 Å². The van der Waals surface area contributed by atoms with Gasteiger partial charge < -0.3 is 14.2 Å². The van der Waals surface area contributed by atoms with E-state index in [0.29, 0.717) is 19.3 Å². The summed E-state index contributed by atoms with van der Waals surface area (Å²) in [5.74, 6) is -0.840. The van der Waals surface area contributed by atoms with Gasteiger partial charge in [-0.1, -0.05) is 283 Å². The van der Waals surface area contributed by atoms with E-state index in [0.717, 1.165) is 57.8 Å². The molecule has 390 valence electrons. The van der Waals surface area contributed by atoms with Crippen LogP contribution in [-0.4, -0.2) is 37.2 Å². The first kappa shape index (κ1) is 64.2. The van der Waals surface area contributed by atoms with Crippen LogP contribution in [0.25, 0.3) is 0 Å². The molecule has 0 aliphatic carbocycles. The Labute approximate surface area is 411 Å². The Morgan fingerprint density at radius 3 is 0.758 bits per heavy atom. The van der Waals surface area contributed by atoms with Crippen LogP contribution >= 0.6 is 0 Å². The molecule has 0 N–H and O–H groups in total. The van der Waals surface area contributed by atoms with Crippen LogP contribution in [0.4, 0.5) is 0 Å². The largest absolute Gasteiger partial charge is 0.462 e. The van der Waals surface area contributed by atoms with E-state index in [4.69, 9.17) is 14.2 Å². The smallest absolute Gasteiger partial charge is 0.306 e. The van der Waals surface area contributed by atoms with E-state index in [1.165, 1.54) is 238 Å². The van der Waals surface area contributed by atoms with Crippen molar-refractivity contribution in [1.29, 1.82) is 0 Å². The molecular formula is C60H114O6. The van der Waals surface area contributed by atoms with Gasteiger partial charge >= 0.3 is 17.9 Å². The van der Waals surface area contributed by atoms with Crippen molar-refractivity contribution < 1.29 is 28.6 Å². The van der Waals surface area contributed by atoms with Crippen molar-refractivity contribution in [3.63, 3.8) is 0 Å². The molecule has 0 amide bonds. The van der Waals surface area contributed by atoms with Gasteiger partial charge in [-0.15, -0.1) is 0 Å². The first-order valence-corrected chi connectivity index (χ1v) is 29.7. The van der Waals surface area contributed by atoms with Gasteiger partial charge in [-0.05, 0) is 44.9 Å². The molecule has 0 bridgehead atoms. The summed E-state index contributed by atoms with van der Waals surface area (Å²) in [6.07, 6.45) is 63.4. The fourth-order valence-corrected chi connectivity index (χ4v) is 9.03. The Morgan fingerprint density at radius 2 is 0.500 bits per heavy atom. The van der Waals surface area contributed by atoms with Crippen LogP contribution in [0.1, 0.15) is 335 Å². The summed E-state index contributed by atoms with van der Waals surface area (Å²) in [5.41, 5.74) is 0. The van der Waals surface area contributed by atoms with Gasteiger partial charge in [0.2, 0.25) is 0 Å². The molecule has 0 heterocycles. The number of allylic oxidation sites excluding steroid dienone is 2. The summed E-state index contributed by atoms with van der Waals surface area (Å²) in [7, 11) is 0. The number of hydrogen-bond acceptors (Lipinski definition) is 6. The molecule has 0 aliphatic rings. The van der Waals surface area contributed by atoms with Crippen molar-refractivity contribution in [3.05, 3.63) is 12.2 Å².